The van der Waals surface area contributed by atoms with Crippen LogP contribution in [0.25, 0.3) is 0 Å². The van der Waals surface area contributed by atoms with Crippen LogP contribution in [0.1, 0.15) is 10.4 Å². The van der Waals surface area contributed by atoms with Gasteiger partial charge in [-0.15, -0.1) is 0 Å². The van der Waals surface area contributed by atoms with Crippen molar-refractivity contribution in [1.29, 1.82) is 0 Å². The number of ether oxygens (including phenoxy) is 1. The highest BCUT2D eigenvalue weighted by Crippen LogP contribution is 2.26. The molecule has 0 aromatic heterocycles. The lowest BCUT2D eigenvalue weighted by Crippen LogP contribution is -1.99. The van der Waals surface area contributed by atoms with Gasteiger partial charge in [0.25, 0.3) is 0 Å². The molecule has 0 spiro atoms. The monoisotopic (exact) mass is 265 g/mol. The van der Waals surface area contributed by atoms with E-state index in [0.29, 0.717) is 6.07 Å². The summed E-state index contributed by atoms with van der Waals surface area (Å²) in [4.78, 5) is 10.8. The van der Waals surface area contributed by atoms with E-state index in [1.54, 1.807) is 0 Å². The molecule has 2 rings (SSSR count). The van der Waals surface area contributed by atoms with Gasteiger partial charge in [-0.05, 0) is 12.1 Å². The number of benzene rings is 2. The Morgan fingerprint density at radius 3 is 2.16 bits per heavy atom. The number of aromatic carboxylic acids is 1. The van der Waals surface area contributed by atoms with Gasteiger partial charge in [-0.2, -0.15) is 0 Å². The Balaban J connectivity index is 2.35. The molecule has 2 aromatic rings. The van der Waals surface area contributed by atoms with Gasteiger partial charge in [0.15, 0.2) is 0 Å². The van der Waals surface area contributed by atoms with Crippen LogP contribution in [0.5, 0.6) is 11.5 Å². The van der Waals surface area contributed by atoms with Gasteiger partial charge >= 0.3 is 5.97 Å². The number of rotatable bonds is 3. The van der Waals surface area contributed by atoms with E-state index >= 15 is 0 Å². The lowest BCUT2D eigenvalue weighted by atomic mass is 10.2. The number of carbonyl (C=O) groups is 1. The highest BCUT2D eigenvalue weighted by atomic mass is 19.1. The Bertz CT molecular complexity index is 624. The van der Waals surface area contributed by atoms with Crippen LogP contribution in [-0.4, -0.2) is 11.1 Å². The summed E-state index contributed by atoms with van der Waals surface area (Å²) in [5, 5.41) is 8.86. The number of nitrogens with two attached hydrogens (primary N) is 1. The molecule has 0 aliphatic carbocycles. The molecule has 0 bridgehead atoms. The van der Waals surface area contributed by atoms with Gasteiger partial charge in [0.05, 0.1) is 5.56 Å². The SMILES string of the molecule is Nc1cc(Oc2cc(F)cc(F)c2)cc(C(=O)O)c1. The van der Waals surface area contributed by atoms with Crippen LogP contribution >= 0.6 is 0 Å². The molecule has 0 aliphatic heterocycles. The molecule has 2 aromatic carbocycles. The van der Waals surface area contributed by atoms with Crippen LogP contribution in [0, 0.1) is 11.6 Å². The molecule has 98 valence electrons. The van der Waals surface area contributed by atoms with Gasteiger partial charge in [0.1, 0.15) is 23.1 Å². The number of hydrogen-bond acceptors (Lipinski definition) is 3. The maximum Gasteiger partial charge on any atom is 0.335 e. The fourth-order valence-corrected chi connectivity index (χ4v) is 1.53. The van der Waals surface area contributed by atoms with Gasteiger partial charge in [-0.1, -0.05) is 0 Å². The van der Waals surface area contributed by atoms with Gasteiger partial charge < -0.3 is 15.6 Å². The molecular formula is C13H9F2NO3. The van der Waals surface area contributed by atoms with E-state index in [4.69, 9.17) is 15.6 Å². The quantitative estimate of drug-likeness (QED) is 0.836. The van der Waals surface area contributed by atoms with Crippen LogP contribution in [-0.2, 0) is 0 Å². The molecule has 0 saturated heterocycles. The van der Waals surface area contributed by atoms with Gasteiger partial charge in [0.2, 0.25) is 0 Å². The topological polar surface area (TPSA) is 72.5 Å². The normalized spacial score (nSPS) is 10.2. The summed E-state index contributed by atoms with van der Waals surface area (Å²) in [7, 11) is 0. The Hall–Kier alpha value is -2.63. The minimum absolute atomic E-state index is 0.0770. The largest absolute Gasteiger partial charge is 0.478 e. The summed E-state index contributed by atoms with van der Waals surface area (Å²) in [6.07, 6.45) is 0. The third-order valence-electron chi connectivity index (χ3n) is 2.25. The van der Waals surface area contributed by atoms with Gasteiger partial charge in [0, 0.05) is 30.0 Å². The summed E-state index contributed by atoms with van der Waals surface area (Å²) in [6, 6.07) is 6.48. The number of carboxylic acids is 1. The van der Waals surface area contributed by atoms with E-state index in [9.17, 15) is 13.6 Å². The van der Waals surface area contributed by atoms with Crippen molar-refractivity contribution in [2.45, 2.75) is 0 Å². The van der Waals surface area contributed by atoms with E-state index < -0.39 is 17.6 Å². The molecule has 0 amide bonds. The molecule has 0 heterocycles. The lowest BCUT2D eigenvalue weighted by Gasteiger charge is -2.08. The summed E-state index contributed by atoms with van der Waals surface area (Å²) in [6.45, 7) is 0. The first-order chi connectivity index (χ1) is 8.94. The molecule has 0 radical (unpaired) electrons. The number of carboxylic acid groups (broad SMARTS) is 1. The number of halogens is 2. The van der Waals surface area contributed by atoms with Crippen molar-refractivity contribution in [2.75, 3.05) is 5.73 Å². The average molecular weight is 265 g/mol. The fraction of sp³-hybridized carbons (Fsp3) is 0. The summed E-state index contributed by atoms with van der Waals surface area (Å²) < 4.78 is 31.1. The molecule has 0 saturated carbocycles. The van der Waals surface area contributed by atoms with E-state index in [2.05, 4.69) is 0 Å². The van der Waals surface area contributed by atoms with Crippen LogP contribution in [0.4, 0.5) is 14.5 Å². The second-order valence-electron chi connectivity index (χ2n) is 3.80. The van der Waals surface area contributed by atoms with Crippen molar-refractivity contribution in [1.82, 2.24) is 0 Å². The molecule has 6 heteroatoms. The van der Waals surface area contributed by atoms with Crippen LogP contribution < -0.4 is 10.5 Å². The Morgan fingerprint density at radius 2 is 1.58 bits per heavy atom. The van der Waals surface area contributed by atoms with E-state index in [0.717, 1.165) is 12.1 Å². The van der Waals surface area contributed by atoms with Gasteiger partial charge in [-0.25, -0.2) is 13.6 Å². The maximum absolute atomic E-state index is 13.0. The molecule has 4 nitrogen and oxygen atoms in total. The molecule has 0 unspecified atom stereocenters. The molecular weight excluding hydrogens is 256 g/mol. The van der Waals surface area contributed by atoms with Crippen molar-refractivity contribution in [3.63, 3.8) is 0 Å². The summed E-state index contributed by atoms with van der Waals surface area (Å²) in [5.74, 6) is -2.76. The predicted octanol–water partition coefficient (Wildman–Crippen LogP) is 3.04. The second-order valence-corrected chi connectivity index (χ2v) is 3.80. The predicted molar refractivity (Wildman–Crippen MR) is 64.2 cm³/mol. The van der Waals surface area contributed by atoms with Crippen LogP contribution in [0.15, 0.2) is 36.4 Å². The highest BCUT2D eigenvalue weighted by Gasteiger charge is 2.08. The van der Waals surface area contributed by atoms with Crippen molar-refractivity contribution < 1.29 is 23.4 Å². The third-order valence-corrected chi connectivity index (χ3v) is 2.25. The molecule has 3 N–H and O–H groups in total. The van der Waals surface area contributed by atoms with Crippen molar-refractivity contribution in [3.05, 3.63) is 53.6 Å². The Labute approximate surface area is 107 Å². The van der Waals surface area contributed by atoms with E-state index in [-0.39, 0.29) is 22.7 Å². The van der Waals surface area contributed by atoms with Crippen molar-refractivity contribution >= 4 is 11.7 Å². The number of anilines is 1. The third kappa shape index (κ3) is 3.19. The minimum Gasteiger partial charge on any atom is -0.478 e. The molecule has 0 aliphatic rings. The fourth-order valence-electron chi connectivity index (χ4n) is 1.53. The van der Waals surface area contributed by atoms with Crippen LogP contribution in [0.2, 0.25) is 0 Å². The van der Waals surface area contributed by atoms with Crippen LogP contribution in [0.3, 0.4) is 0 Å². The van der Waals surface area contributed by atoms with E-state index in [1.807, 2.05) is 0 Å². The first-order valence-electron chi connectivity index (χ1n) is 5.22. The Kier molecular flexibility index (Phi) is 3.33. The lowest BCUT2D eigenvalue weighted by molar-refractivity contribution is 0.0696. The van der Waals surface area contributed by atoms with Crippen molar-refractivity contribution in [2.24, 2.45) is 0 Å². The van der Waals surface area contributed by atoms with E-state index in [1.165, 1.54) is 18.2 Å². The first-order valence-corrected chi connectivity index (χ1v) is 5.22. The maximum atomic E-state index is 13.0. The van der Waals surface area contributed by atoms with Crippen molar-refractivity contribution in [3.8, 4) is 11.5 Å². The first kappa shape index (κ1) is 12.8. The average Bonchev–Trinajstić information content (AvgIpc) is 2.26. The molecule has 19 heavy (non-hydrogen) atoms. The highest BCUT2D eigenvalue weighted by molar-refractivity contribution is 5.89. The molecule has 0 fully saturated rings. The zero-order valence-electron chi connectivity index (χ0n) is 9.56. The standard InChI is InChI=1S/C13H9F2NO3/c14-8-3-9(15)5-12(4-8)19-11-2-7(13(17)18)1-10(16)6-11/h1-6H,16H2,(H,17,18). The zero-order chi connectivity index (χ0) is 14.0. The number of nitrogen functional groups attached to an aromatic ring is 1. The van der Waals surface area contributed by atoms with Gasteiger partial charge in [-0.3, -0.25) is 0 Å². The minimum atomic E-state index is -1.18. The zero-order valence-corrected chi connectivity index (χ0v) is 9.56. The smallest absolute Gasteiger partial charge is 0.335 e. The summed E-state index contributed by atoms with van der Waals surface area (Å²) >= 11 is 0. The second kappa shape index (κ2) is 4.93. The summed E-state index contributed by atoms with van der Waals surface area (Å²) in [5.41, 5.74) is 5.62. The number of hydrogen-bond donors (Lipinski definition) is 2. The molecule has 0 atom stereocenters. The Morgan fingerprint density at radius 1 is 1.00 bits per heavy atom.